The molecule has 1 fully saturated rings. The van der Waals surface area contributed by atoms with Crippen LogP contribution in [0.25, 0.3) is 11.3 Å². The molecule has 0 saturated carbocycles. The summed E-state index contributed by atoms with van der Waals surface area (Å²) in [6.45, 7) is 7.96. The van der Waals surface area contributed by atoms with E-state index in [0.717, 1.165) is 67.9 Å². The minimum atomic E-state index is 0. The van der Waals surface area contributed by atoms with Crippen LogP contribution in [0.3, 0.4) is 0 Å². The first-order chi connectivity index (χ1) is 14.3. The van der Waals surface area contributed by atoms with Gasteiger partial charge in [0.2, 0.25) is 0 Å². The van der Waals surface area contributed by atoms with Crippen molar-refractivity contribution in [3.05, 3.63) is 60.1 Å². The largest absolute Gasteiger partial charge is 0.364 e. The monoisotopic (exact) mass is 522 g/mol. The number of halogens is 1. The predicted molar refractivity (Wildman–Crippen MR) is 126 cm³/mol. The Morgan fingerprint density at radius 2 is 1.87 bits per heavy atom. The average Bonchev–Trinajstić information content (AvgIpc) is 3.45. The van der Waals surface area contributed by atoms with Crippen molar-refractivity contribution in [1.29, 1.82) is 0 Å². The van der Waals surface area contributed by atoms with Gasteiger partial charge < -0.3 is 19.3 Å². The Morgan fingerprint density at radius 1 is 1.07 bits per heavy atom. The molecule has 30 heavy (non-hydrogen) atoms. The van der Waals surface area contributed by atoms with E-state index in [-0.39, 0.29) is 24.0 Å². The number of piperazine rings is 1. The average molecular weight is 522 g/mol. The van der Waals surface area contributed by atoms with Crippen molar-refractivity contribution in [3.63, 3.8) is 0 Å². The zero-order valence-corrected chi connectivity index (χ0v) is 19.4. The standard InChI is InChI=1S/C21H26N6O2.HI/c1-2-22-21(27-11-9-26(10-12-27)16-18-8-13-28-24-18)23-15-19-14-20(29-25-19)17-6-4-3-5-7-17;/h3-8,13-14H,2,9-12,15-16H2,1H3,(H,22,23);1H. The molecule has 0 spiro atoms. The summed E-state index contributed by atoms with van der Waals surface area (Å²) in [7, 11) is 0. The smallest absolute Gasteiger partial charge is 0.194 e. The third-order valence-electron chi connectivity index (χ3n) is 4.89. The summed E-state index contributed by atoms with van der Waals surface area (Å²) in [5.41, 5.74) is 2.81. The molecule has 3 aromatic rings. The highest BCUT2D eigenvalue weighted by Crippen LogP contribution is 2.20. The molecule has 1 aliphatic heterocycles. The molecule has 3 heterocycles. The number of hydrogen-bond acceptors (Lipinski definition) is 6. The minimum Gasteiger partial charge on any atom is -0.364 e. The number of aliphatic imine (C=N–C) groups is 1. The summed E-state index contributed by atoms with van der Waals surface area (Å²) < 4.78 is 10.4. The van der Waals surface area contributed by atoms with E-state index in [1.807, 2.05) is 42.5 Å². The third-order valence-corrected chi connectivity index (χ3v) is 4.89. The van der Waals surface area contributed by atoms with Gasteiger partial charge in [0.25, 0.3) is 0 Å². The highest BCUT2D eigenvalue weighted by molar-refractivity contribution is 14.0. The van der Waals surface area contributed by atoms with Crippen LogP contribution in [0.1, 0.15) is 18.3 Å². The first-order valence-corrected chi connectivity index (χ1v) is 9.97. The van der Waals surface area contributed by atoms with E-state index in [9.17, 15) is 0 Å². The first kappa shape index (κ1) is 22.3. The zero-order chi connectivity index (χ0) is 19.9. The molecule has 1 saturated heterocycles. The topological polar surface area (TPSA) is 82.9 Å². The number of hydrogen-bond donors (Lipinski definition) is 1. The van der Waals surface area contributed by atoms with E-state index in [0.29, 0.717) is 6.54 Å². The minimum absolute atomic E-state index is 0. The van der Waals surface area contributed by atoms with Crippen LogP contribution in [0.5, 0.6) is 0 Å². The summed E-state index contributed by atoms with van der Waals surface area (Å²) in [6, 6.07) is 13.9. The Hall–Kier alpha value is -2.40. The number of benzene rings is 1. The van der Waals surface area contributed by atoms with E-state index in [2.05, 4.69) is 32.4 Å². The maximum Gasteiger partial charge on any atom is 0.194 e. The summed E-state index contributed by atoms with van der Waals surface area (Å²) in [5.74, 6) is 1.68. The SMILES string of the molecule is CCNC(=NCc1cc(-c2ccccc2)on1)N1CCN(Cc2ccon2)CC1.I. The van der Waals surface area contributed by atoms with Crippen LogP contribution in [0.4, 0.5) is 0 Å². The first-order valence-electron chi connectivity index (χ1n) is 9.97. The van der Waals surface area contributed by atoms with Crippen LogP contribution < -0.4 is 5.32 Å². The molecular weight excluding hydrogens is 495 g/mol. The molecule has 0 unspecified atom stereocenters. The molecule has 1 aromatic carbocycles. The van der Waals surface area contributed by atoms with Gasteiger partial charge in [0, 0.05) is 57.0 Å². The number of aromatic nitrogens is 2. The van der Waals surface area contributed by atoms with E-state index in [1.54, 1.807) is 6.26 Å². The van der Waals surface area contributed by atoms with Gasteiger partial charge in [-0.25, -0.2) is 4.99 Å². The van der Waals surface area contributed by atoms with Crippen LogP contribution in [0.15, 0.2) is 62.8 Å². The summed E-state index contributed by atoms with van der Waals surface area (Å²) in [5, 5.41) is 11.6. The van der Waals surface area contributed by atoms with Gasteiger partial charge in [-0.1, -0.05) is 40.6 Å². The molecule has 4 rings (SSSR count). The lowest BCUT2D eigenvalue weighted by Crippen LogP contribution is -2.52. The van der Waals surface area contributed by atoms with Gasteiger partial charge >= 0.3 is 0 Å². The summed E-state index contributed by atoms with van der Waals surface area (Å²) in [6.07, 6.45) is 1.62. The zero-order valence-electron chi connectivity index (χ0n) is 17.0. The van der Waals surface area contributed by atoms with Crippen molar-refractivity contribution in [2.45, 2.75) is 20.0 Å². The summed E-state index contributed by atoms with van der Waals surface area (Å²) >= 11 is 0. The van der Waals surface area contributed by atoms with Crippen LogP contribution in [-0.4, -0.2) is 58.8 Å². The highest BCUT2D eigenvalue weighted by Gasteiger charge is 2.20. The van der Waals surface area contributed by atoms with Crippen LogP contribution >= 0.6 is 24.0 Å². The second-order valence-corrected chi connectivity index (χ2v) is 6.97. The van der Waals surface area contributed by atoms with Gasteiger partial charge in [0.15, 0.2) is 11.7 Å². The summed E-state index contributed by atoms with van der Waals surface area (Å²) in [4.78, 5) is 9.45. The van der Waals surface area contributed by atoms with Gasteiger partial charge in [-0.2, -0.15) is 0 Å². The molecule has 0 atom stereocenters. The van der Waals surface area contributed by atoms with Gasteiger partial charge in [0.05, 0.1) is 12.2 Å². The number of guanidine groups is 1. The lowest BCUT2D eigenvalue weighted by atomic mass is 10.2. The van der Waals surface area contributed by atoms with Gasteiger partial charge in [-0.05, 0) is 6.92 Å². The Bertz CT molecular complexity index is 905. The van der Waals surface area contributed by atoms with Gasteiger partial charge in [0.1, 0.15) is 12.0 Å². The van der Waals surface area contributed by atoms with Crippen molar-refractivity contribution >= 4 is 29.9 Å². The van der Waals surface area contributed by atoms with Gasteiger partial charge in [-0.15, -0.1) is 24.0 Å². The molecule has 8 nitrogen and oxygen atoms in total. The molecular formula is C21H27IN6O2. The van der Waals surface area contributed by atoms with E-state index < -0.39 is 0 Å². The van der Waals surface area contributed by atoms with Crippen molar-refractivity contribution in [2.75, 3.05) is 32.7 Å². The maximum absolute atomic E-state index is 5.48. The van der Waals surface area contributed by atoms with Crippen LogP contribution in [-0.2, 0) is 13.1 Å². The number of nitrogens with zero attached hydrogens (tertiary/aromatic N) is 5. The van der Waals surface area contributed by atoms with E-state index in [1.165, 1.54) is 0 Å². The maximum atomic E-state index is 5.48. The van der Waals surface area contributed by atoms with E-state index >= 15 is 0 Å². The Kier molecular flexibility index (Phi) is 8.26. The van der Waals surface area contributed by atoms with Crippen LogP contribution in [0, 0.1) is 0 Å². The third kappa shape index (κ3) is 5.82. The quantitative estimate of drug-likeness (QED) is 0.303. The van der Waals surface area contributed by atoms with Crippen LogP contribution in [0.2, 0.25) is 0 Å². The predicted octanol–water partition coefficient (Wildman–Crippen LogP) is 3.23. The Labute approximate surface area is 193 Å². The molecule has 0 amide bonds. The fourth-order valence-electron chi connectivity index (χ4n) is 3.37. The molecule has 0 aliphatic carbocycles. The lowest BCUT2D eigenvalue weighted by Gasteiger charge is -2.36. The normalized spacial score (nSPS) is 15.1. The fraction of sp³-hybridized carbons (Fsp3) is 0.381. The fourth-order valence-corrected chi connectivity index (χ4v) is 3.37. The molecule has 9 heteroatoms. The molecule has 0 radical (unpaired) electrons. The molecule has 2 aromatic heterocycles. The van der Waals surface area contributed by atoms with E-state index in [4.69, 9.17) is 14.0 Å². The van der Waals surface area contributed by atoms with Gasteiger partial charge in [-0.3, -0.25) is 4.90 Å². The number of rotatable bonds is 6. The molecule has 1 N–H and O–H groups in total. The number of nitrogens with one attached hydrogen (secondary N) is 1. The molecule has 160 valence electrons. The van der Waals surface area contributed by atoms with Crippen molar-refractivity contribution in [3.8, 4) is 11.3 Å². The van der Waals surface area contributed by atoms with Crippen molar-refractivity contribution < 1.29 is 9.05 Å². The molecule has 0 bridgehead atoms. The highest BCUT2D eigenvalue weighted by atomic mass is 127. The Balaban J connectivity index is 0.00000256. The second-order valence-electron chi connectivity index (χ2n) is 6.97. The lowest BCUT2D eigenvalue weighted by molar-refractivity contribution is 0.169. The van der Waals surface area contributed by atoms with Crippen molar-refractivity contribution in [1.82, 2.24) is 25.4 Å². The molecule has 1 aliphatic rings. The van der Waals surface area contributed by atoms with Crippen molar-refractivity contribution in [2.24, 2.45) is 4.99 Å². The Morgan fingerprint density at radius 3 is 2.57 bits per heavy atom. The second kappa shape index (κ2) is 11.1.